The van der Waals surface area contributed by atoms with Crippen LogP contribution in [0.5, 0.6) is 11.5 Å². The molecule has 0 unspecified atom stereocenters. The van der Waals surface area contributed by atoms with Crippen LogP contribution in [0, 0.1) is 6.92 Å². The van der Waals surface area contributed by atoms with Crippen molar-refractivity contribution in [1.82, 2.24) is 0 Å². The highest BCUT2D eigenvalue weighted by molar-refractivity contribution is 9.10. The lowest BCUT2D eigenvalue weighted by Gasteiger charge is -2.12. The van der Waals surface area contributed by atoms with Crippen LogP contribution in [0.1, 0.15) is 31.8 Å². The van der Waals surface area contributed by atoms with Gasteiger partial charge in [0.15, 0.2) is 18.1 Å². The van der Waals surface area contributed by atoms with E-state index in [1.54, 1.807) is 30.3 Å². The molecule has 0 fully saturated rings. The zero-order chi connectivity index (χ0) is 22.8. The highest BCUT2D eigenvalue weighted by Crippen LogP contribution is 2.39. The molecule has 162 valence electrons. The maximum atomic E-state index is 12.8. The second-order valence-corrected chi connectivity index (χ2v) is 8.63. The summed E-state index contributed by atoms with van der Waals surface area (Å²) in [5.74, 6) is 0.954. The lowest BCUT2D eigenvalue weighted by atomic mass is 10.1. The lowest BCUT2D eigenvalue weighted by Crippen LogP contribution is -2.12. The Morgan fingerprint density at radius 1 is 1.03 bits per heavy atom. The van der Waals surface area contributed by atoms with Crippen LogP contribution in [-0.2, 0) is 0 Å². The predicted octanol–water partition coefficient (Wildman–Crippen LogP) is 5.70. The Kier molecular flexibility index (Phi) is 6.15. The number of hydrogen-bond donors (Lipinski definition) is 0. The van der Waals surface area contributed by atoms with Gasteiger partial charge < -0.3 is 14.4 Å². The summed E-state index contributed by atoms with van der Waals surface area (Å²) >= 11 is 3.36. The SMILES string of the molecule is Cc1c(OCC(=O)c2ccc(Br)cc2)ccc2c1O/C(=C\c1ccc(N(C)C)cc1)C2=O. The number of benzene rings is 3. The van der Waals surface area contributed by atoms with E-state index in [0.717, 1.165) is 15.7 Å². The molecular formula is C26H22BrNO4. The van der Waals surface area contributed by atoms with Crippen molar-refractivity contribution in [2.45, 2.75) is 6.92 Å². The number of carbonyl (C=O) groups is 2. The van der Waals surface area contributed by atoms with Crippen LogP contribution in [0.15, 0.2) is 70.9 Å². The summed E-state index contributed by atoms with van der Waals surface area (Å²) in [5, 5.41) is 0. The van der Waals surface area contributed by atoms with Gasteiger partial charge in [-0.1, -0.05) is 40.2 Å². The van der Waals surface area contributed by atoms with Crippen molar-refractivity contribution in [3.05, 3.63) is 93.1 Å². The summed E-state index contributed by atoms with van der Waals surface area (Å²) in [4.78, 5) is 27.2. The number of Topliss-reactive ketones (excluding diaryl/α,β-unsaturated/α-hetero) is 2. The summed E-state index contributed by atoms with van der Waals surface area (Å²) in [7, 11) is 3.95. The number of halogens is 1. The normalized spacial score (nSPS) is 13.6. The molecule has 0 aromatic heterocycles. The zero-order valence-corrected chi connectivity index (χ0v) is 19.6. The molecule has 1 aliphatic heterocycles. The number of ketones is 2. The van der Waals surface area contributed by atoms with E-state index in [4.69, 9.17) is 9.47 Å². The van der Waals surface area contributed by atoms with Gasteiger partial charge in [0.1, 0.15) is 11.5 Å². The van der Waals surface area contributed by atoms with Crippen molar-refractivity contribution < 1.29 is 19.1 Å². The van der Waals surface area contributed by atoms with Gasteiger partial charge in [0.2, 0.25) is 5.78 Å². The summed E-state index contributed by atoms with van der Waals surface area (Å²) in [5.41, 5.74) is 3.70. The van der Waals surface area contributed by atoms with Crippen molar-refractivity contribution in [3.63, 3.8) is 0 Å². The molecule has 0 saturated carbocycles. The maximum Gasteiger partial charge on any atom is 0.231 e. The number of anilines is 1. The molecule has 4 rings (SSSR count). The lowest BCUT2D eigenvalue weighted by molar-refractivity contribution is 0.0920. The Morgan fingerprint density at radius 2 is 1.72 bits per heavy atom. The minimum absolute atomic E-state index is 0.101. The molecule has 5 nitrogen and oxygen atoms in total. The minimum atomic E-state index is -0.169. The Balaban J connectivity index is 1.50. The fourth-order valence-electron chi connectivity index (χ4n) is 3.41. The molecule has 0 saturated heterocycles. The average Bonchev–Trinajstić information content (AvgIpc) is 3.10. The Bertz CT molecular complexity index is 1210. The summed E-state index contributed by atoms with van der Waals surface area (Å²) in [6.45, 7) is 1.72. The van der Waals surface area contributed by atoms with Gasteiger partial charge in [-0.2, -0.15) is 0 Å². The van der Waals surface area contributed by atoms with Crippen LogP contribution in [0.25, 0.3) is 6.08 Å². The topological polar surface area (TPSA) is 55.8 Å². The molecule has 0 atom stereocenters. The van der Waals surface area contributed by atoms with Crippen LogP contribution >= 0.6 is 15.9 Å². The fraction of sp³-hybridized carbons (Fsp3) is 0.154. The number of ether oxygens (including phenoxy) is 2. The molecule has 3 aromatic rings. The summed E-state index contributed by atoms with van der Waals surface area (Å²) in [6.07, 6.45) is 1.73. The van der Waals surface area contributed by atoms with E-state index in [9.17, 15) is 9.59 Å². The number of hydrogen-bond acceptors (Lipinski definition) is 5. The third-order valence-electron chi connectivity index (χ3n) is 5.27. The van der Waals surface area contributed by atoms with Gasteiger partial charge in [0, 0.05) is 35.4 Å². The van der Waals surface area contributed by atoms with Crippen LogP contribution in [-0.4, -0.2) is 32.3 Å². The van der Waals surface area contributed by atoms with Gasteiger partial charge >= 0.3 is 0 Å². The number of rotatable bonds is 6. The van der Waals surface area contributed by atoms with E-state index in [2.05, 4.69) is 15.9 Å². The van der Waals surface area contributed by atoms with Gasteiger partial charge in [-0.15, -0.1) is 0 Å². The number of nitrogens with zero attached hydrogens (tertiary/aromatic N) is 1. The molecule has 0 N–H and O–H groups in total. The Hall–Kier alpha value is -3.38. The number of carbonyl (C=O) groups excluding carboxylic acids is 2. The van der Waals surface area contributed by atoms with Crippen molar-refractivity contribution in [2.24, 2.45) is 0 Å². The van der Waals surface area contributed by atoms with E-state index in [1.165, 1.54) is 0 Å². The second-order valence-electron chi connectivity index (χ2n) is 7.71. The van der Waals surface area contributed by atoms with Gasteiger partial charge in [-0.3, -0.25) is 9.59 Å². The van der Waals surface area contributed by atoms with E-state index >= 15 is 0 Å². The average molecular weight is 492 g/mol. The number of fused-ring (bicyclic) bond motifs is 1. The van der Waals surface area contributed by atoms with Gasteiger partial charge in [-0.25, -0.2) is 0 Å². The van der Waals surface area contributed by atoms with E-state index in [0.29, 0.717) is 28.2 Å². The van der Waals surface area contributed by atoms with E-state index in [1.807, 2.05) is 62.3 Å². The Labute approximate surface area is 195 Å². The maximum absolute atomic E-state index is 12.8. The van der Waals surface area contributed by atoms with Crippen molar-refractivity contribution in [3.8, 4) is 11.5 Å². The van der Waals surface area contributed by atoms with Crippen molar-refractivity contribution in [2.75, 3.05) is 25.6 Å². The Morgan fingerprint density at radius 3 is 2.38 bits per heavy atom. The minimum Gasteiger partial charge on any atom is -0.485 e. The molecule has 0 radical (unpaired) electrons. The van der Waals surface area contributed by atoms with E-state index < -0.39 is 0 Å². The molecule has 32 heavy (non-hydrogen) atoms. The van der Waals surface area contributed by atoms with Gasteiger partial charge in [0.25, 0.3) is 0 Å². The first kappa shape index (κ1) is 21.8. The zero-order valence-electron chi connectivity index (χ0n) is 18.0. The first-order valence-corrected chi connectivity index (χ1v) is 10.9. The fourth-order valence-corrected chi connectivity index (χ4v) is 3.67. The van der Waals surface area contributed by atoms with Crippen molar-refractivity contribution >= 4 is 39.3 Å². The molecule has 1 aliphatic rings. The van der Waals surface area contributed by atoms with E-state index in [-0.39, 0.29) is 23.9 Å². The quantitative estimate of drug-likeness (QED) is 0.326. The summed E-state index contributed by atoms with van der Waals surface area (Å²) in [6, 6.07) is 18.4. The number of allylic oxidation sites excluding steroid dienone is 1. The summed E-state index contributed by atoms with van der Waals surface area (Å²) < 4.78 is 12.6. The molecular weight excluding hydrogens is 470 g/mol. The highest BCUT2D eigenvalue weighted by atomic mass is 79.9. The molecule has 6 heteroatoms. The highest BCUT2D eigenvalue weighted by Gasteiger charge is 2.30. The van der Waals surface area contributed by atoms with Gasteiger partial charge in [0.05, 0.1) is 5.56 Å². The first-order chi connectivity index (χ1) is 15.3. The second kappa shape index (κ2) is 9.01. The van der Waals surface area contributed by atoms with Crippen LogP contribution in [0.2, 0.25) is 0 Å². The molecule has 0 spiro atoms. The molecule has 1 heterocycles. The predicted molar refractivity (Wildman–Crippen MR) is 129 cm³/mol. The van der Waals surface area contributed by atoms with Crippen molar-refractivity contribution in [1.29, 1.82) is 0 Å². The van der Waals surface area contributed by atoms with Crippen LogP contribution in [0.4, 0.5) is 5.69 Å². The van der Waals surface area contributed by atoms with Crippen LogP contribution < -0.4 is 14.4 Å². The van der Waals surface area contributed by atoms with Gasteiger partial charge in [-0.05, 0) is 55.0 Å². The monoisotopic (exact) mass is 491 g/mol. The largest absolute Gasteiger partial charge is 0.485 e. The first-order valence-electron chi connectivity index (χ1n) is 10.1. The third-order valence-corrected chi connectivity index (χ3v) is 5.80. The molecule has 0 bridgehead atoms. The standard InChI is InChI=1S/C26H22BrNO4/c1-16-23(31-15-22(29)18-6-8-19(27)9-7-18)13-12-21-25(30)24(32-26(16)21)14-17-4-10-20(11-5-17)28(2)3/h4-14H,15H2,1-3H3/b24-14-. The third kappa shape index (κ3) is 4.46. The van der Waals surface area contributed by atoms with Crippen LogP contribution in [0.3, 0.4) is 0 Å². The smallest absolute Gasteiger partial charge is 0.231 e. The molecule has 0 amide bonds. The molecule has 3 aromatic carbocycles. The molecule has 0 aliphatic carbocycles.